The Labute approximate surface area is 79.8 Å². The summed E-state index contributed by atoms with van der Waals surface area (Å²) < 4.78 is 0. The van der Waals surface area contributed by atoms with Crippen molar-refractivity contribution >= 4 is 0 Å². The topological polar surface area (TPSA) is 63.9 Å². The van der Waals surface area contributed by atoms with Crippen LogP contribution in [0.25, 0.3) is 0 Å². The van der Waals surface area contributed by atoms with Gasteiger partial charge in [0.15, 0.2) is 0 Å². The molecule has 80 valence electrons. The van der Waals surface area contributed by atoms with Crippen LogP contribution in [0.1, 0.15) is 19.8 Å². The van der Waals surface area contributed by atoms with E-state index in [1.807, 2.05) is 4.90 Å². The quantitative estimate of drug-likeness (QED) is 0.481. The maximum Gasteiger partial charge on any atom is 0.0897 e. The fraction of sp³-hybridized carbons (Fsp3) is 1.00. The number of aliphatic hydroxyl groups excluding tert-OH is 3. The summed E-state index contributed by atoms with van der Waals surface area (Å²) in [5, 5.41) is 26.6. The molecule has 0 amide bonds. The van der Waals surface area contributed by atoms with Crippen molar-refractivity contribution in [3.8, 4) is 0 Å². The van der Waals surface area contributed by atoms with E-state index in [-0.39, 0.29) is 13.2 Å². The Bertz CT molecular complexity index is 111. The lowest BCUT2D eigenvalue weighted by Gasteiger charge is -2.23. The molecule has 0 fully saturated rings. The average molecular weight is 191 g/mol. The normalized spacial score (nSPS) is 13.6. The molecule has 0 saturated heterocycles. The minimum absolute atomic E-state index is 0.0991. The van der Waals surface area contributed by atoms with E-state index in [1.165, 1.54) is 0 Å². The molecular weight excluding hydrogens is 170 g/mol. The van der Waals surface area contributed by atoms with Crippen molar-refractivity contribution < 1.29 is 15.3 Å². The number of aliphatic hydroxyl groups is 3. The third-order valence-corrected chi connectivity index (χ3v) is 1.92. The highest BCUT2D eigenvalue weighted by molar-refractivity contribution is 4.63. The molecule has 1 unspecified atom stereocenters. The summed E-state index contributed by atoms with van der Waals surface area (Å²) >= 11 is 0. The van der Waals surface area contributed by atoms with Gasteiger partial charge in [0.2, 0.25) is 0 Å². The van der Waals surface area contributed by atoms with Gasteiger partial charge in [0.05, 0.1) is 19.3 Å². The average Bonchev–Trinajstić information content (AvgIpc) is 2.14. The van der Waals surface area contributed by atoms with Gasteiger partial charge in [0.1, 0.15) is 0 Å². The highest BCUT2D eigenvalue weighted by Crippen LogP contribution is 1.96. The Morgan fingerprint density at radius 2 is 1.92 bits per heavy atom. The van der Waals surface area contributed by atoms with Crippen molar-refractivity contribution in [2.75, 3.05) is 32.8 Å². The van der Waals surface area contributed by atoms with Crippen molar-refractivity contribution in [2.45, 2.75) is 25.9 Å². The smallest absolute Gasteiger partial charge is 0.0897 e. The first-order valence-electron chi connectivity index (χ1n) is 4.86. The van der Waals surface area contributed by atoms with Gasteiger partial charge >= 0.3 is 0 Å². The lowest BCUT2D eigenvalue weighted by molar-refractivity contribution is 0.0531. The number of nitrogens with zero attached hydrogens (tertiary/aromatic N) is 1. The SMILES string of the molecule is CCCCN(CCO)CC(O)CO. The molecule has 0 heterocycles. The van der Waals surface area contributed by atoms with Crippen molar-refractivity contribution in [1.82, 2.24) is 4.90 Å². The van der Waals surface area contributed by atoms with Gasteiger partial charge in [-0.25, -0.2) is 0 Å². The van der Waals surface area contributed by atoms with Gasteiger partial charge in [0.25, 0.3) is 0 Å². The van der Waals surface area contributed by atoms with Gasteiger partial charge in [-0.05, 0) is 13.0 Å². The second-order valence-electron chi connectivity index (χ2n) is 3.21. The summed E-state index contributed by atoms with van der Waals surface area (Å²) in [4.78, 5) is 1.96. The molecule has 0 aliphatic heterocycles. The van der Waals surface area contributed by atoms with Gasteiger partial charge in [-0.2, -0.15) is 0 Å². The second-order valence-corrected chi connectivity index (χ2v) is 3.21. The number of unbranched alkanes of at least 4 members (excludes halogenated alkanes) is 1. The zero-order chi connectivity index (χ0) is 10.1. The lowest BCUT2D eigenvalue weighted by atomic mass is 10.3. The maximum absolute atomic E-state index is 9.18. The van der Waals surface area contributed by atoms with E-state index in [4.69, 9.17) is 10.2 Å². The molecule has 0 aromatic heterocycles. The molecule has 0 radical (unpaired) electrons. The summed E-state index contributed by atoms with van der Waals surface area (Å²) in [6.07, 6.45) is 1.46. The highest BCUT2D eigenvalue weighted by Gasteiger charge is 2.09. The van der Waals surface area contributed by atoms with E-state index in [1.54, 1.807) is 0 Å². The van der Waals surface area contributed by atoms with E-state index in [2.05, 4.69) is 6.92 Å². The zero-order valence-corrected chi connectivity index (χ0v) is 8.32. The number of rotatable bonds is 8. The Balaban J connectivity index is 3.65. The second kappa shape index (κ2) is 8.44. The first-order chi connectivity index (χ1) is 6.24. The number of hydrogen-bond donors (Lipinski definition) is 3. The number of hydrogen-bond acceptors (Lipinski definition) is 4. The predicted molar refractivity (Wildman–Crippen MR) is 51.5 cm³/mol. The van der Waals surface area contributed by atoms with Gasteiger partial charge in [-0.3, -0.25) is 4.90 Å². The summed E-state index contributed by atoms with van der Waals surface area (Å²) in [7, 11) is 0. The van der Waals surface area contributed by atoms with Gasteiger partial charge in [-0.1, -0.05) is 13.3 Å². The molecule has 0 bridgehead atoms. The van der Waals surface area contributed by atoms with Crippen LogP contribution in [-0.2, 0) is 0 Å². The van der Waals surface area contributed by atoms with E-state index < -0.39 is 6.10 Å². The van der Waals surface area contributed by atoms with Crippen LogP contribution < -0.4 is 0 Å². The largest absolute Gasteiger partial charge is 0.395 e. The first kappa shape index (κ1) is 12.8. The summed E-state index contributed by atoms with van der Waals surface area (Å²) in [5.41, 5.74) is 0. The van der Waals surface area contributed by atoms with E-state index in [0.717, 1.165) is 19.4 Å². The molecule has 0 aliphatic carbocycles. The van der Waals surface area contributed by atoms with Crippen LogP contribution in [0.15, 0.2) is 0 Å². The summed E-state index contributed by atoms with van der Waals surface area (Å²) in [6, 6.07) is 0. The molecular formula is C9H21NO3. The highest BCUT2D eigenvalue weighted by atomic mass is 16.3. The van der Waals surface area contributed by atoms with E-state index >= 15 is 0 Å². The first-order valence-corrected chi connectivity index (χ1v) is 4.86. The molecule has 0 aromatic carbocycles. The molecule has 4 nitrogen and oxygen atoms in total. The van der Waals surface area contributed by atoms with Crippen LogP contribution in [0.3, 0.4) is 0 Å². The summed E-state index contributed by atoms with van der Waals surface area (Å²) in [5.74, 6) is 0. The molecule has 0 rings (SSSR count). The molecule has 4 heteroatoms. The van der Waals surface area contributed by atoms with Crippen LogP contribution in [0.5, 0.6) is 0 Å². The molecule has 0 saturated carbocycles. The van der Waals surface area contributed by atoms with Crippen molar-refractivity contribution in [3.05, 3.63) is 0 Å². The third kappa shape index (κ3) is 6.95. The maximum atomic E-state index is 9.18. The van der Waals surface area contributed by atoms with Crippen molar-refractivity contribution in [1.29, 1.82) is 0 Å². The minimum Gasteiger partial charge on any atom is -0.395 e. The molecule has 0 aromatic rings. The van der Waals surface area contributed by atoms with Crippen LogP contribution >= 0.6 is 0 Å². The van der Waals surface area contributed by atoms with Crippen LogP contribution in [-0.4, -0.2) is 59.2 Å². The monoisotopic (exact) mass is 191 g/mol. The standard InChI is InChI=1S/C9H21NO3/c1-2-3-4-10(5-6-11)7-9(13)8-12/h9,11-13H,2-8H2,1H3. The third-order valence-electron chi connectivity index (χ3n) is 1.92. The zero-order valence-electron chi connectivity index (χ0n) is 8.32. The Morgan fingerprint density at radius 1 is 1.23 bits per heavy atom. The van der Waals surface area contributed by atoms with Crippen LogP contribution in [0.2, 0.25) is 0 Å². The fourth-order valence-corrected chi connectivity index (χ4v) is 1.17. The molecule has 13 heavy (non-hydrogen) atoms. The Hall–Kier alpha value is -0.160. The van der Waals surface area contributed by atoms with E-state index in [0.29, 0.717) is 13.1 Å². The fourth-order valence-electron chi connectivity index (χ4n) is 1.17. The summed E-state index contributed by atoms with van der Waals surface area (Å²) in [6.45, 7) is 3.86. The molecule has 1 atom stereocenters. The molecule has 0 aliphatic rings. The molecule has 3 N–H and O–H groups in total. The lowest BCUT2D eigenvalue weighted by Crippen LogP contribution is -2.36. The molecule has 0 spiro atoms. The Kier molecular flexibility index (Phi) is 8.33. The van der Waals surface area contributed by atoms with Gasteiger partial charge < -0.3 is 15.3 Å². The van der Waals surface area contributed by atoms with Gasteiger partial charge in [-0.15, -0.1) is 0 Å². The van der Waals surface area contributed by atoms with Crippen LogP contribution in [0, 0.1) is 0 Å². The Morgan fingerprint density at radius 3 is 2.38 bits per heavy atom. The van der Waals surface area contributed by atoms with Crippen LogP contribution in [0.4, 0.5) is 0 Å². The van der Waals surface area contributed by atoms with Crippen molar-refractivity contribution in [3.63, 3.8) is 0 Å². The predicted octanol–water partition coefficient (Wildman–Crippen LogP) is -0.566. The van der Waals surface area contributed by atoms with Crippen molar-refractivity contribution in [2.24, 2.45) is 0 Å². The minimum atomic E-state index is -0.691. The van der Waals surface area contributed by atoms with Gasteiger partial charge in [0, 0.05) is 13.1 Å². The van der Waals surface area contributed by atoms with E-state index in [9.17, 15) is 5.11 Å².